The number of nitrogens with zero attached hydrogens (tertiary/aromatic N) is 3. The number of H-pyrrole nitrogens is 1. The predicted octanol–water partition coefficient (Wildman–Crippen LogP) is 2.33. The minimum atomic E-state index is -0.863. The minimum Gasteiger partial charge on any atom is -0.391 e. The van der Waals surface area contributed by atoms with Crippen LogP contribution in [0.15, 0.2) is 39.9 Å². The normalized spacial score (nSPS) is 12.6. The molecule has 0 aliphatic heterocycles. The van der Waals surface area contributed by atoms with Gasteiger partial charge in [-0.3, -0.25) is 13.9 Å². The molecule has 0 spiro atoms. The maximum atomic E-state index is 12.9. The molecule has 0 fully saturated rings. The van der Waals surface area contributed by atoms with Crippen molar-refractivity contribution in [2.45, 2.75) is 51.8 Å². The van der Waals surface area contributed by atoms with Crippen LogP contribution in [0.3, 0.4) is 0 Å². The number of aromatic nitrogens is 4. The summed E-state index contributed by atoms with van der Waals surface area (Å²) in [5.41, 5.74) is 0.391. The summed E-state index contributed by atoms with van der Waals surface area (Å²) in [7, 11) is 0. The topological polar surface area (TPSA) is 92.9 Å². The highest BCUT2D eigenvalue weighted by molar-refractivity contribution is 6.28. The first kappa shape index (κ1) is 19.4. The van der Waals surface area contributed by atoms with Crippen molar-refractivity contribution in [1.82, 2.24) is 19.1 Å². The molecule has 0 saturated carbocycles. The lowest BCUT2D eigenvalue weighted by molar-refractivity contribution is 0.150. The average molecular weight is 391 g/mol. The molecular formula is C19H23ClN4O3. The number of benzene rings is 1. The number of aliphatic hydroxyl groups excluding tert-OH is 1. The first-order chi connectivity index (χ1) is 13.0. The van der Waals surface area contributed by atoms with E-state index in [0.717, 1.165) is 29.4 Å². The van der Waals surface area contributed by atoms with Gasteiger partial charge in [0.15, 0.2) is 11.2 Å². The quantitative estimate of drug-likeness (QED) is 0.456. The van der Waals surface area contributed by atoms with Crippen LogP contribution in [0.25, 0.3) is 11.2 Å². The van der Waals surface area contributed by atoms with Gasteiger partial charge in [-0.1, -0.05) is 50.1 Å². The van der Waals surface area contributed by atoms with Gasteiger partial charge in [0.05, 0.1) is 12.6 Å². The highest BCUT2D eigenvalue weighted by Crippen LogP contribution is 2.11. The zero-order valence-corrected chi connectivity index (χ0v) is 15.9. The monoisotopic (exact) mass is 390 g/mol. The van der Waals surface area contributed by atoms with Crippen LogP contribution in [-0.2, 0) is 19.5 Å². The number of aromatic amines is 1. The van der Waals surface area contributed by atoms with Gasteiger partial charge < -0.3 is 10.1 Å². The van der Waals surface area contributed by atoms with Crippen molar-refractivity contribution < 1.29 is 5.11 Å². The molecule has 1 aromatic carbocycles. The summed E-state index contributed by atoms with van der Waals surface area (Å²) < 4.78 is 2.53. The lowest BCUT2D eigenvalue weighted by Gasteiger charge is -2.15. The number of unbranched alkanes of at least 4 members (excludes halogenated alkanes) is 2. The van der Waals surface area contributed by atoms with E-state index in [1.165, 1.54) is 4.57 Å². The van der Waals surface area contributed by atoms with Crippen molar-refractivity contribution >= 4 is 22.8 Å². The summed E-state index contributed by atoms with van der Waals surface area (Å²) in [6.07, 6.45) is 2.25. The number of hydrogen-bond donors (Lipinski definition) is 2. The number of halogens is 1. The largest absolute Gasteiger partial charge is 0.391 e. The molecule has 7 nitrogen and oxygen atoms in total. The van der Waals surface area contributed by atoms with E-state index < -0.39 is 17.4 Å². The molecule has 8 heteroatoms. The van der Waals surface area contributed by atoms with Gasteiger partial charge in [0.2, 0.25) is 5.28 Å². The molecule has 3 aromatic rings. The minimum absolute atomic E-state index is 0.0633. The molecule has 1 unspecified atom stereocenters. The first-order valence-corrected chi connectivity index (χ1v) is 9.50. The Morgan fingerprint density at radius 1 is 1.19 bits per heavy atom. The summed E-state index contributed by atoms with van der Waals surface area (Å²) in [6.45, 7) is 2.43. The standard InChI is InChI=1S/C19H23ClN4O3/c1-2-3-7-10-23-16-15(21-18(20)22-16)17(26)24(19(23)27)12-14(25)11-13-8-5-4-6-9-13/h4-6,8-9,14,25H,2-3,7,10-12H2,1H3,(H,21,22). The summed E-state index contributed by atoms with van der Waals surface area (Å²) in [4.78, 5) is 32.5. The number of rotatable bonds is 8. The Hall–Kier alpha value is -2.38. The van der Waals surface area contributed by atoms with Gasteiger partial charge in [-0.2, -0.15) is 4.98 Å². The third kappa shape index (κ3) is 4.31. The maximum Gasteiger partial charge on any atom is 0.332 e. The molecule has 144 valence electrons. The Labute approximate surface area is 161 Å². The fourth-order valence-corrected chi connectivity index (χ4v) is 3.36. The van der Waals surface area contributed by atoms with Gasteiger partial charge in [0, 0.05) is 13.0 Å². The van der Waals surface area contributed by atoms with Crippen LogP contribution < -0.4 is 11.2 Å². The van der Waals surface area contributed by atoms with Crippen molar-refractivity contribution in [3.8, 4) is 0 Å². The number of imidazole rings is 1. The Bertz CT molecular complexity index is 1020. The SMILES string of the molecule is CCCCCn1c(=O)n(CC(O)Cc2ccccc2)c(=O)c2[nH]c(Cl)nc21. The van der Waals surface area contributed by atoms with Crippen LogP contribution in [0.4, 0.5) is 0 Å². The van der Waals surface area contributed by atoms with Gasteiger partial charge in [-0.15, -0.1) is 0 Å². The van der Waals surface area contributed by atoms with Crippen LogP contribution in [-0.4, -0.2) is 30.3 Å². The zero-order valence-electron chi connectivity index (χ0n) is 15.2. The van der Waals surface area contributed by atoms with Gasteiger partial charge in [0.1, 0.15) is 0 Å². The number of aryl methyl sites for hydroxylation is 1. The van der Waals surface area contributed by atoms with E-state index in [1.54, 1.807) is 0 Å². The maximum absolute atomic E-state index is 12.9. The number of fused-ring (bicyclic) bond motifs is 1. The van der Waals surface area contributed by atoms with Crippen LogP contribution >= 0.6 is 11.6 Å². The van der Waals surface area contributed by atoms with Crippen LogP contribution in [0.2, 0.25) is 5.28 Å². The first-order valence-electron chi connectivity index (χ1n) is 9.12. The predicted molar refractivity (Wildman–Crippen MR) is 105 cm³/mol. The highest BCUT2D eigenvalue weighted by Gasteiger charge is 2.19. The summed E-state index contributed by atoms with van der Waals surface area (Å²) in [5, 5.41) is 10.5. The van der Waals surface area contributed by atoms with Crippen LogP contribution in [0.1, 0.15) is 31.7 Å². The van der Waals surface area contributed by atoms with Crippen LogP contribution in [0, 0.1) is 0 Å². The molecule has 0 aliphatic carbocycles. The Kier molecular flexibility index (Phi) is 6.13. The molecule has 0 aliphatic rings. The van der Waals surface area contributed by atoms with E-state index >= 15 is 0 Å². The number of hydrogen-bond acceptors (Lipinski definition) is 4. The van der Waals surface area contributed by atoms with Gasteiger partial charge in [0.25, 0.3) is 5.56 Å². The fourth-order valence-electron chi connectivity index (χ4n) is 3.18. The van der Waals surface area contributed by atoms with E-state index in [4.69, 9.17) is 11.6 Å². The molecule has 0 radical (unpaired) electrons. The molecule has 0 saturated heterocycles. The molecule has 3 rings (SSSR count). The van der Waals surface area contributed by atoms with E-state index in [1.807, 2.05) is 30.3 Å². The molecule has 2 heterocycles. The van der Waals surface area contributed by atoms with Crippen molar-refractivity contribution in [2.75, 3.05) is 0 Å². The summed E-state index contributed by atoms with van der Waals surface area (Å²) in [5.74, 6) is 0. The van der Waals surface area contributed by atoms with Crippen LogP contribution in [0.5, 0.6) is 0 Å². The number of nitrogens with one attached hydrogen (secondary N) is 1. The van der Waals surface area contributed by atoms with Gasteiger partial charge >= 0.3 is 5.69 Å². The second-order valence-corrected chi connectivity index (χ2v) is 6.98. The summed E-state index contributed by atoms with van der Waals surface area (Å²) >= 11 is 5.93. The molecule has 27 heavy (non-hydrogen) atoms. The lowest BCUT2D eigenvalue weighted by Crippen LogP contribution is -2.43. The molecule has 2 aromatic heterocycles. The molecule has 0 bridgehead atoms. The van der Waals surface area contributed by atoms with Crippen molar-refractivity contribution in [2.24, 2.45) is 0 Å². The average Bonchev–Trinajstić information content (AvgIpc) is 3.04. The highest BCUT2D eigenvalue weighted by atomic mass is 35.5. The van der Waals surface area contributed by atoms with E-state index in [9.17, 15) is 14.7 Å². The third-order valence-electron chi connectivity index (χ3n) is 4.53. The molecule has 1 atom stereocenters. The Morgan fingerprint density at radius 3 is 2.63 bits per heavy atom. The van der Waals surface area contributed by atoms with E-state index in [2.05, 4.69) is 16.9 Å². The van der Waals surface area contributed by atoms with Gasteiger partial charge in [-0.25, -0.2) is 4.79 Å². The molecular weight excluding hydrogens is 368 g/mol. The van der Waals surface area contributed by atoms with Crippen molar-refractivity contribution in [3.05, 3.63) is 62.0 Å². The molecule has 2 N–H and O–H groups in total. The second kappa shape index (κ2) is 8.54. The van der Waals surface area contributed by atoms with Crippen molar-refractivity contribution in [1.29, 1.82) is 0 Å². The molecule has 0 amide bonds. The lowest BCUT2D eigenvalue weighted by atomic mass is 10.1. The van der Waals surface area contributed by atoms with Gasteiger partial charge in [-0.05, 0) is 23.6 Å². The fraction of sp³-hybridized carbons (Fsp3) is 0.421. The second-order valence-electron chi connectivity index (χ2n) is 6.63. The Morgan fingerprint density at radius 2 is 1.93 bits per heavy atom. The smallest absolute Gasteiger partial charge is 0.332 e. The van der Waals surface area contributed by atoms with E-state index in [-0.39, 0.29) is 23.0 Å². The summed E-state index contributed by atoms with van der Waals surface area (Å²) in [6, 6.07) is 9.45. The van der Waals surface area contributed by atoms with Crippen molar-refractivity contribution in [3.63, 3.8) is 0 Å². The number of aliphatic hydroxyl groups is 1. The van der Waals surface area contributed by atoms with E-state index in [0.29, 0.717) is 13.0 Å². The third-order valence-corrected chi connectivity index (χ3v) is 4.70. The zero-order chi connectivity index (χ0) is 19.4. The Balaban J connectivity index is 1.96.